The summed E-state index contributed by atoms with van der Waals surface area (Å²) in [4.78, 5) is 6.92. The molecule has 0 bridgehead atoms. The van der Waals surface area contributed by atoms with E-state index >= 15 is 0 Å². The van der Waals surface area contributed by atoms with Crippen molar-refractivity contribution in [3.05, 3.63) is 18.2 Å². The van der Waals surface area contributed by atoms with Crippen LogP contribution in [0.4, 0.5) is 0 Å². The fourth-order valence-electron chi connectivity index (χ4n) is 1.28. The van der Waals surface area contributed by atoms with Gasteiger partial charge in [0, 0.05) is 0 Å². The van der Waals surface area contributed by atoms with E-state index in [1.807, 2.05) is 13.8 Å². The van der Waals surface area contributed by atoms with Crippen LogP contribution >= 0.6 is 0 Å². The van der Waals surface area contributed by atoms with Gasteiger partial charge in [0.15, 0.2) is 5.79 Å². The van der Waals surface area contributed by atoms with Crippen molar-refractivity contribution in [1.29, 1.82) is 0 Å². The molecule has 0 aromatic carbocycles. The van der Waals surface area contributed by atoms with Gasteiger partial charge in [-0.1, -0.05) is 0 Å². The molecule has 2 rings (SSSR count). The highest BCUT2D eigenvalue weighted by atomic mass is 16.7. The van der Waals surface area contributed by atoms with Crippen LogP contribution < -0.4 is 0 Å². The van der Waals surface area contributed by atoms with E-state index in [9.17, 15) is 0 Å². The second kappa shape index (κ2) is 2.57. The van der Waals surface area contributed by atoms with Crippen molar-refractivity contribution in [1.82, 2.24) is 9.97 Å². The number of hydrogen-bond acceptors (Lipinski definition) is 3. The van der Waals surface area contributed by atoms with E-state index in [2.05, 4.69) is 9.97 Å². The van der Waals surface area contributed by atoms with E-state index in [-0.39, 0.29) is 6.10 Å². The van der Waals surface area contributed by atoms with E-state index in [1.54, 1.807) is 12.5 Å². The Balaban J connectivity index is 2.10. The Bertz CT molecular complexity index is 256. The van der Waals surface area contributed by atoms with Gasteiger partial charge in [-0.3, -0.25) is 0 Å². The fourth-order valence-corrected chi connectivity index (χ4v) is 1.28. The number of rotatable bonds is 1. The van der Waals surface area contributed by atoms with Crippen molar-refractivity contribution in [2.75, 3.05) is 6.61 Å². The largest absolute Gasteiger partial charge is 0.347 e. The minimum absolute atomic E-state index is 0.00231. The van der Waals surface area contributed by atoms with Gasteiger partial charge in [-0.05, 0) is 13.8 Å². The third kappa shape index (κ3) is 1.35. The molecule has 1 aromatic rings. The lowest BCUT2D eigenvalue weighted by Crippen LogP contribution is -2.19. The van der Waals surface area contributed by atoms with Gasteiger partial charge in [0.05, 0.1) is 24.8 Å². The van der Waals surface area contributed by atoms with Crippen molar-refractivity contribution in [3.8, 4) is 0 Å². The van der Waals surface area contributed by atoms with Gasteiger partial charge in [0.2, 0.25) is 0 Å². The number of aromatic amines is 1. The predicted molar refractivity (Wildman–Crippen MR) is 42.4 cm³/mol. The molecule has 0 saturated carbocycles. The first-order valence-electron chi connectivity index (χ1n) is 3.97. The molecular weight excluding hydrogens is 156 g/mol. The van der Waals surface area contributed by atoms with Crippen molar-refractivity contribution in [2.24, 2.45) is 0 Å². The standard InChI is InChI=1S/C8H12N2O2/c1-8(2)11-4-7(12-8)6-3-9-5-10-6/h3,5,7H,4H2,1-2H3,(H,9,10). The molecule has 1 N–H and O–H groups in total. The predicted octanol–water partition coefficient (Wildman–Crippen LogP) is 1.23. The summed E-state index contributed by atoms with van der Waals surface area (Å²) in [5, 5.41) is 0. The molecule has 1 aromatic heterocycles. The van der Waals surface area contributed by atoms with Gasteiger partial charge in [-0.2, -0.15) is 0 Å². The summed E-state index contributed by atoms with van der Waals surface area (Å²) >= 11 is 0. The zero-order valence-corrected chi connectivity index (χ0v) is 7.20. The van der Waals surface area contributed by atoms with Crippen LogP contribution in [0.25, 0.3) is 0 Å². The summed E-state index contributed by atoms with van der Waals surface area (Å²) in [5.74, 6) is -0.463. The highest BCUT2D eigenvalue weighted by Crippen LogP contribution is 2.31. The average Bonchev–Trinajstić information content (AvgIpc) is 2.55. The van der Waals surface area contributed by atoms with Gasteiger partial charge in [0.25, 0.3) is 0 Å². The molecule has 1 aliphatic heterocycles. The molecule has 12 heavy (non-hydrogen) atoms. The minimum atomic E-state index is -0.463. The highest BCUT2D eigenvalue weighted by molar-refractivity contribution is 5.01. The molecule has 0 aliphatic carbocycles. The molecule has 1 unspecified atom stereocenters. The second-order valence-corrected chi connectivity index (χ2v) is 3.32. The van der Waals surface area contributed by atoms with Crippen LogP contribution in [-0.2, 0) is 9.47 Å². The maximum atomic E-state index is 5.60. The van der Waals surface area contributed by atoms with Crippen LogP contribution in [0.2, 0.25) is 0 Å². The van der Waals surface area contributed by atoms with Crippen LogP contribution in [-0.4, -0.2) is 22.4 Å². The summed E-state index contributed by atoms with van der Waals surface area (Å²) < 4.78 is 11.0. The van der Waals surface area contributed by atoms with Crippen LogP contribution in [0.3, 0.4) is 0 Å². The van der Waals surface area contributed by atoms with E-state index in [0.717, 1.165) is 5.69 Å². The summed E-state index contributed by atoms with van der Waals surface area (Å²) in [7, 11) is 0. The smallest absolute Gasteiger partial charge is 0.163 e. The number of imidazole rings is 1. The zero-order chi connectivity index (χ0) is 8.60. The molecule has 0 spiro atoms. The molecule has 1 atom stereocenters. The number of H-pyrrole nitrogens is 1. The normalized spacial score (nSPS) is 27.7. The Morgan fingerprint density at radius 1 is 1.67 bits per heavy atom. The third-order valence-corrected chi connectivity index (χ3v) is 1.87. The lowest BCUT2D eigenvalue weighted by Gasteiger charge is -2.16. The Labute approximate surface area is 70.9 Å². The monoisotopic (exact) mass is 168 g/mol. The quantitative estimate of drug-likeness (QED) is 0.686. The number of nitrogens with zero attached hydrogens (tertiary/aromatic N) is 1. The first kappa shape index (κ1) is 7.76. The maximum Gasteiger partial charge on any atom is 0.163 e. The van der Waals surface area contributed by atoms with Crippen molar-refractivity contribution < 1.29 is 9.47 Å². The zero-order valence-electron chi connectivity index (χ0n) is 7.20. The van der Waals surface area contributed by atoms with Gasteiger partial charge < -0.3 is 14.5 Å². The minimum Gasteiger partial charge on any atom is -0.347 e. The molecule has 4 nitrogen and oxygen atoms in total. The first-order chi connectivity index (χ1) is 5.67. The summed E-state index contributed by atoms with van der Waals surface area (Å²) in [5.41, 5.74) is 0.973. The topological polar surface area (TPSA) is 47.1 Å². The summed E-state index contributed by atoms with van der Waals surface area (Å²) in [6.45, 7) is 4.40. The maximum absolute atomic E-state index is 5.60. The molecule has 66 valence electrons. The Morgan fingerprint density at radius 2 is 2.50 bits per heavy atom. The fraction of sp³-hybridized carbons (Fsp3) is 0.625. The van der Waals surface area contributed by atoms with Crippen molar-refractivity contribution in [3.63, 3.8) is 0 Å². The second-order valence-electron chi connectivity index (χ2n) is 3.32. The van der Waals surface area contributed by atoms with Gasteiger partial charge in [-0.15, -0.1) is 0 Å². The van der Waals surface area contributed by atoms with Gasteiger partial charge >= 0.3 is 0 Å². The van der Waals surface area contributed by atoms with Crippen LogP contribution in [0.1, 0.15) is 25.6 Å². The Morgan fingerprint density at radius 3 is 3.00 bits per heavy atom. The SMILES string of the molecule is CC1(C)OCC(c2cnc[nH]2)O1. The van der Waals surface area contributed by atoms with Crippen molar-refractivity contribution >= 4 is 0 Å². The molecular formula is C8H12N2O2. The molecule has 2 heterocycles. The van der Waals surface area contributed by atoms with Crippen LogP contribution in [0, 0.1) is 0 Å². The summed E-state index contributed by atoms with van der Waals surface area (Å²) in [6.07, 6.45) is 3.40. The molecule has 1 aliphatic rings. The molecule has 4 heteroatoms. The first-order valence-corrected chi connectivity index (χ1v) is 3.97. The van der Waals surface area contributed by atoms with Gasteiger partial charge in [0.1, 0.15) is 6.10 Å². The average molecular weight is 168 g/mol. The van der Waals surface area contributed by atoms with E-state index in [0.29, 0.717) is 6.61 Å². The molecule has 0 radical (unpaired) electrons. The molecule has 1 fully saturated rings. The molecule has 0 amide bonds. The van der Waals surface area contributed by atoms with Crippen LogP contribution in [0.15, 0.2) is 12.5 Å². The van der Waals surface area contributed by atoms with Crippen molar-refractivity contribution in [2.45, 2.75) is 25.7 Å². The Hall–Kier alpha value is -0.870. The number of nitrogens with one attached hydrogen (secondary N) is 1. The lowest BCUT2D eigenvalue weighted by molar-refractivity contribution is -0.139. The van der Waals surface area contributed by atoms with Gasteiger partial charge in [-0.25, -0.2) is 4.98 Å². The summed E-state index contributed by atoms with van der Waals surface area (Å²) in [6, 6.07) is 0. The van der Waals surface area contributed by atoms with E-state index in [4.69, 9.17) is 9.47 Å². The highest BCUT2D eigenvalue weighted by Gasteiger charge is 2.34. The number of hydrogen-bond donors (Lipinski definition) is 1. The van der Waals surface area contributed by atoms with E-state index < -0.39 is 5.79 Å². The van der Waals surface area contributed by atoms with Crippen LogP contribution in [0.5, 0.6) is 0 Å². The lowest BCUT2D eigenvalue weighted by atomic mass is 10.3. The van der Waals surface area contributed by atoms with E-state index in [1.165, 1.54) is 0 Å². The third-order valence-electron chi connectivity index (χ3n) is 1.87. The molecule has 1 saturated heterocycles. The number of ether oxygens (including phenoxy) is 2. The Kier molecular flexibility index (Phi) is 1.66. The number of aromatic nitrogens is 2.